The van der Waals surface area contributed by atoms with Crippen LogP contribution in [-0.2, 0) is 61.9 Å². The van der Waals surface area contributed by atoms with E-state index in [-0.39, 0.29) is 56.0 Å². The van der Waals surface area contributed by atoms with E-state index in [1.54, 1.807) is 54.9 Å². The molecule has 1 aromatic carbocycles. The predicted octanol–water partition coefficient (Wildman–Crippen LogP) is 8.08. The SMILES string of the molecule is COC1CC2CCC(C)C(O)(O2)C(=O)C(=O)N2CCCCC2C(=O)OC(C(C)CC2CCC(OC(=O)C3(C)COC(c4ccccc4)OC3)C(OC)C2)CC(=O)C(C)/C=C(\C)C(O)C(CO)C(=O)C(C)CC(C)/C=C/C=C/C=C/1C. The molecule has 15 unspecified atom stereocenters. The largest absolute Gasteiger partial charge is 0.460 e. The molecule has 1 amide bonds. The van der Waals surface area contributed by atoms with Gasteiger partial charge in [0.25, 0.3) is 11.7 Å². The van der Waals surface area contributed by atoms with Crippen LogP contribution in [0.5, 0.6) is 0 Å². The van der Waals surface area contributed by atoms with Gasteiger partial charge < -0.3 is 53.4 Å². The second-order valence-electron chi connectivity index (χ2n) is 24.0. The van der Waals surface area contributed by atoms with Crippen LogP contribution in [0, 0.1) is 46.8 Å². The molecule has 1 aliphatic carbocycles. The second-order valence-corrected chi connectivity index (χ2v) is 24.0. The highest BCUT2D eigenvalue weighted by atomic mass is 16.7. The summed E-state index contributed by atoms with van der Waals surface area (Å²) < 4.78 is 42.5. The first kappa shape index (κ1) is 64.4. The Morgan fingerprint density at radius 3 is 2.24 bits per heavy atom. The molecule has 15 atom stereocenters. The van der Waals surface area contributed by atoms with E-state index in [9.17, 15) is 44.1 Å². The summed E-state index contributed by atoms with van der Waals surface area (Å²) in [6.07, 6.45) is 10.6. The molecule has 2 bridgehead atoms. The zero-order chi connectivity index (χ0) is 58.5. The van der Waals surface area contributed by atoms with Crippen molar-refractivity contribution < 1.29 is 77.2 Å². The van der Waals surface area contributed by atoms with Crippen molar-refractivity contribution >= 4 is 35.2 Å². The van der Waals surface area contributed by atoms with Gasteiger partial charge in [0.1, 0.15) is 35.2 Å². The molecule has 3 N–H and O–H groups in total. The summed E-state index contributed by atoms with van der Waals surface area (Å²) in [5.41, 5.74) is 0.996. The fourth-order valence-electron chi connectivity index (χ4n) is 12.2. The highest BCUT2D eigenvalue weighted by Crippen LogP contribution is 2.40. The van der Waals surface area contributed by atoms with Crippen LogP contribution in [0.1, 0.15) is 144 Å². The number of ketones is 3. The van der Waals surface area contributed by atoms with Crippen molar-refractivity contribution in [3.05, 3.63) is 83.5 Å². The van der Waals surface area contributed by atoms with Gasteiger partial charge in [-0.25, -0.2) is 4.79 Å². The van der Waals surface area contributed by atoms with Crippen molar-refractivity contribution in [2.45, 2.75) is 187 Å². The van der Waals surface area contributed by atoms with E-state index in [0.29, 0.717) is 69.8 Å². The number of ether oxygens (including phenoxy) is 7. The highest BCUT2D eigenvalue weighted by molar-refractivity contribution is 6.39. The Balaban J connectivity index is 1.23. The maximum atomic E-state index is 14.7. The number of rotatable bonds is 9. The Kier molecular flexibility index (Phi) is 23.8. The minimum atomic E-state index is -2.47. The first-order valence-corrected chi connectivity index (χ1v) is 29.1. The molecule has 80 heavy (non-hydrogen) atoms. The third kappa shape index (κ3) is 16.3. The lowest BCUT2D eigenvalue weighted by Gasteiger charge is -2.42. The van der Waals surface area contributed by atoms with Gasteiger partial charge >= 0.3 is 11.9 Å². The van der Waals surface area contributed by atoms with Crippen molar-refractivity contribution in [3.63, 3.8) is 0 Å². The minimum Gasteiger partial charge on any atom is -0.460 e. The molecule has 5 aliphatic rings. The third-order valence-corrected chi connectivity index (χ3v) is 17.5. The number of piperidine rings is 1. The van der Waals surface area contributed by atoms with E-state index in [1.165, 1.54) is 4.90 Å². The molecule has 17 nitrogen and oxygen atoms in total. The van der Waals surface area contributed by atoms with Crippen molar-refractivity contribution in [1.82, 2.24) is 4.90 Å². The van der Waals surface area contributed by atoms with Gasteiger partial charge in [-0.1, -0.05) is 101 Å². The van der Waals surface area contributed by atoms with E-state index in [2.05, 4.69) is 0 Å². The molecule has 6 rings (SSSR count). The fourth-order valence-corrected chi connectivity index (χ4v) is 12.2. The van der Waals surface area contributed by atoms with E-state index >= 15 is 0 Å². The summed E-state index contributed by atoms with van der Waals surface area (Å²) in [4.78, 5) is 86.7. The molecule has 17 heteroatoms. The summed E-state index contributed by atoms with van der Waals surface area (Å²) in [7, 11) is 3.14. The number of hydrogen-bond donors (Lipinski definition) is 3. The van der Waals surface area contributed by atoms with E-state index < -0.39 is 120 Å². The first-order valence-electron chi connectivity index (χ1n) is 29.1. The standard InChI is InChI=1S/C63H91NO16/c1-38-19-13-11-14-20-39(2)52(74-9)33-47-26-24-44(7)63(73,80-47)57(69)58(70)64-28-18-17-23-49(64)59(71)78-53(34-50(66)40(3)30-43(6)56(68)48(35-65)55(67)42(5)29-38)41(4)31-45-25-27-51(54(32-45)75-10)79-61(72)62(8)36-76-60(77-37-62)46-21-15-12-16-22-46/h11-16,19-22,30,38,40-42,44-45,47-49,51-54,56,60,65,68,73H,17-18,23-29,31-37H2,1-10H3/b14-11+,19-13+,39-20+,43-30+. The number of allylic oxidation sites excluding steroid dienone is 6. The monoisotopic (exact) mass is 1120 g/mol. The van der Waals surface area contributed by atoms with Gasteiger partial charge in [0.15, 0.2) is 6.29 Å². The smallest absolute Gasteiger partial charge is 0.329 e. The molecule has 0 aromatic heterocycles. The van der Waals surface area contributed by atoms with Crippen LogP contribution in [0.3, 0.4) is 0 Å². The van der Waals surface area contributed by atoms with Crippen molar-refractivity contribution in [1.29, 1.82) is 0 Å². The molecular formula is C63H91NO16. The number of Topliss-reactive ketones (excluding diaryl/α,β-unsaturated/α-hetero) is 3. The zero-order valence-electron chi connectivity index (χ0n) is 48.9. The number of aliphatic hydroxyl groups is 3. The Hall–Kier alpha value is -4.72. The quantitative estimate of drug-likeness (QED) is 0.121. The highest BCUT2D eigenvalue weighted by Gasteiger charge is 2.53. The maximum absolute atomic E-state index is 14.7. The van der Waals surface area contributed by atoms with Gasteiger partial charge in [0.2, 0.25) is 5.79 Å². The van der Waals surface area contributed by atoms with Crippen LogP contribution in [0.15, 0.2) is 77.9 Å². The summed E-state index contributed by atoms with van der Waals surface area (Å²) in [6.45, 7) is 13.9. The van der Waals surface area contributed by atoms with Gasteiger partial charge in [-0.2, -0.15) is 0 Å². The number of hydrogen-bond acceptors (Lipinski definition) is 16. The van der Waals surface area contributed by atoms with Crippen LogP contribution in [0.4, 0.5) is 0 Å². The van der Waals surface area contributed by atoms with Crippen LogP contribution < -0.4 is 0 Å². The molecule has 1 aromatic rings. The lowest BCUT2D eigenvalue weighted by molar-refractivity contribution is -0.265. The Morgan fingerprint density at radius 1 is 0.850 bits per heavy atom. The van der Waals surface area contributed by atoms with Crippen molar-refractivity contribution in [3.8, 4) is 0 Å². The molecule has 1 saturated carbocycles. The summed E-state index contributed by atoms with van der Waals surface area (Å²) in [5, 5.41) is 34.1. The average Bonchev–Trinajstić information content (AvgIpc) is 3.57. The number of benzene rings is 1. The van der Waals surface area contributed by atoms with Crippen molar-refractivity contribution in [2.24, 2.45) is 46.8 Å². The number of carbonyl (C=O) groups excluding carboxylic acids is 6. The Morgan fingerprint density at radius 2 is 1.56 bits per heavy atom. The number of carbonyl (C=O) groups is 6. The average molecular weight is 1120 g/mol. The fraction of sp³-hybridized carbons (Fsp3) is 0.683. The van der Waals surface area contributed by atoms with E-state index in [4.69, 9.17) is 33.2 Å². The Labute approximate surface area is 473 Å². The molecule has 0 radical (unpaired) electrons. The van der Waals surface area contributed by atoms with Gasteiger partial charge in [-0.3, -0.25) is 24.0 Å². The third-order valence-electron chi connectivity index (χ3n) is 17.5. The summed E-state index contributed by atoms with van der Waals surface area (Å²) in [5.74, 6) is -10.2. The Bertz CT molecular complexity index is 2390. The normalized spacial score (nSPS) is 38.9. The maximum Gasteiger partial charge on any atom is 0.329 e. The van der Waals surface area contributed by atoms with Gasteiger partial charge in [-0.15, -0.1) is 0 Å². The van der Waals surface area contributed by atoms with Gasteiger partial charge in [-0.05, 0) is 114 Å². The molecule has 444 valence electrons. The molecule has 0 spiro atoms. The van der Waals surface area contributed by atoms with Gasteiger partial charge in [0, 0.05) is 56.9 Å². The molecule has 3 saturated heterocycles. The first-order chi connectivity index (χ1) is 38.0. The van der Waals surface area contributed by atoms with Crippen LogP contribution in [-0.4, -0.2) is 144 Å². The number of cyclic esters (lactones) is 1. The summed E-state index contributed by atoms with van der Waals surface area (Å²) in [6, 6.07) is 8.30. The molecule has 4 aliphatic heterocycles. The lowest BCUT2D eigenvalue weighted by atomic mass is 9.78. The second kappa shape index (κ2) is 29.5. The lowest BCUT2D eigenvalue weighted by Crippen LogP contribution is -2.61. The molecule has 4 fully saturated rings. The number of fused-ring (bicyclic) bond motifs is 3. The van der Waals surface area contributed by atoms with E-state index in [0.717, 1.165) is 11.1 Å². The number of methoxy groups -OCH3 is 2. The van der Waals surface area contributed by atoms with E-state index in [1.807, 2.05) is 81.5 Å². The molecular weight excluding hydrogens is 1030 g/mol. The summed E-state index contributed by atoms with van der Waals surface area (Å²) >= 11 is 0. The van der Waals surface area contributed by atoms with Gasteiger partial charge in [0.05, 0.1) is 50.2 Å². The number of amides is 1. The van der Waals surface area contributed by atoms with Crippen molar-refractivity contribution in [2.75, 3.05) is 40.6 Å². The predicted molar refractivity (Wildman–Crippen MR) is 298 cm³/mol. The topological polar surface area (TPSA) is 231 Å². The van der Waals surface area contributed by atoms with Crippen LogP contribution >= 0.6 is 0 Å². The number of nitrogens with zero attached hydrogens (tertiary/aromatic N) is 1. The number of esters is 2. The zero-order valence-corrected chi connectivity index (χ0v) is 48.9. The van der Waals surface area contributed by atoms with Crippen LogP contribution in [0.2, 0.25) is 0 Å². The number of aliphatic hydroxyl groups excluding tert-OH is 2. The minimum absolute atomic E-state index is 0.00989. The van der Waals surface area contributed by atoms with Crippen LogP contribution in [0.25, 0.3) is 0 Å². The molecule has 4 heterocycles.